The molecule has 0 spiro atoms. The third kappa shape index (κ3) is 4.77. The zero-order chi connectivity index (χ0) is 21.8. The largest absolute Gasteiger partial charge is 0.452 e. The predicted octanol–water partition coefficient (Wildman–Crippen LogP) is 3.96. The van der Waals surface area contributed by atoms with Gasteiger partial charge in [-0.15, -0.1) is 0 Å². The van der Waals surface area contributed by atoms with Crippen molar-refractivity contribution < 1.29 is 14.3 Å². The number of carbonyl (C=O) groups is 2. The van der Waals surface area contributed by atoms with Crippen LogP contribution in [0.5, 0.6) is 0 Å². The molecule has 0 unspecified atom stereocenters. The number of nitrogens with one attached hydrogen (secondary N) is 1. The van der Waals surface area contributed by atoms with Crippen molar-refractivity contribution in [3.63, 3.8) is 0 Å². The summed E-state index contributed by atoms with van der Waals surface area (Å²) in [5.41, 5.74) is 1.06. The Kier molecular flexibility index (Phi) is 6.32. The number of aromatic nitrogens is 2. The van der Waals surface area contributed by atoms with Gasteiger partial charge in [0, 0.05) is 13.0 Å². The molecule has 0 atom stereocenters. The number of anilines is 1. The van der Waals surface area contributed by atoms with E-state index in [9.17, 15) is 14.4 Å². The van der Waals surface area contributed by atoms with Gasteiger partial charge in [-0.3, -0.25) is 14.2 Å². The minimum Gasteiger partial charge on any atom is -0.452 e. The summed E-state index contributed by atoms with van der Waals surface area (Å²) in [6.07, 6.45) is 4.92. The predicted molar refractivity (Wildman–Crippen MR) is 119 cm³/mol. The fraction of sp³-hybridized carbons (Fsp3) is 0.304. The topological polar surface area (TPSA) is 90.3 Å². The summed E-state index contributed by atoms with van der Waals surface area (Å²) in [5.74, 6) is -0.410. The van der Waals surface area contributed by atoms with E-state index < -0.39 is 18.5 Å². The molecular formula is C23H22ClN3O4. The Labute approximate surface area is 184 Å². The molecule has 4 rings (SSSR count). The summed E-state index contributed by atoms with van der Waals surface area (Å²) >= 11 is 6.01. The van der Waals surface area contributed by atoms with E-state index in [0.717, 1.165) is 37.9 Å². The van der Waals surface area contributed by atoms with E-state index in [-0.39, 0.29) is 11.1 Å². The third-order valence-corrected chi connectivity index (χ3v) is 5.61. The van der Waals surface area contributed by atoms with E-state index in [2.05, 4.69) is 10.3 Å². The molecule has 0 radical (unpaired) electrons. The van der Waals surface area contributed by atoms with Crippen molar-refractivity contribution in [1.29, 1.82) is 0 Å². The zero-order valence-corrected chi connectivity index (χ0v) is 17.7. The first-order valence-corrected chi connectivity index (χ1v) is 10.7. The van der Waals surface area contributed by atoms with Crippen LogP contribution in [0.2, 0.25) is 5.02 Å². The van der Waals surface area contributed by atoms with E-state index in [1.807, 2.05) is 0 Å². The molecule has 1 aliphatic heterocycles. The maximum Gasteiger partial charge on any atom is 0.338 e. The normalized spacial score (nSPS) is 13.7. The second-order valence-electron chi connectivity index (χ2n) is 7.49. The molecule has 1 amide bonds. The highest BCUT2D eigenvalue weighted by atomic mass is 35.5. The highest BCUT2D eigenvalue weighted by Crippen LogP contribution is 2.20. The summed E-state index contributed by atoms with van der Waals surface area (Å²) in [7, 11) is 0. The number of aryl methyl sites for hydroxylation is 1. The van der Waals surface area contributed by atoms with Gasteiger partial charge in [0.15, 0.2) is 6.61 Å². The van der Waals surface area contributed by atoms with Crippen molar-refractivity contribution >= 4 is 40.1 Å². The second kappa shape index (κ2) is 9.31. The van der Waals surface area contributed by atoms with Crippen LogP contribution in [0.4, 0.5) is 5.69 Å². The number of fused-ring (bicyclic) bond motifs is 2. The Morgan fingerprint density at radius 3 is 2.74 bits per heavy atom. The number of hydrogen-bond acceptors (Lipinski definition) is 5. The van der Waals surface area contributed by atoms with E-state index in [0.29, 0.717) is 28.2 Å². The Morgan fingerprint density at radius 1 is 1.10 bits per heavy atom. The first-order chi connectivity index (χ1) is 15.0. The third-order valence-electron chi connectivity index (χ3n) is 5.28. The monoisotopic (exact) mass is 439 g/mol. The first kappa shape index (κ1) is 21.1. The fourth-order valence-electron chi connectivity index (χ4n) is 3.69. The number of rotatable bonds is 4. The van der Waals surface area contributed by atoms with Crippen molar-refractivity contribution in [2.45, 2.75) is 38.6 Å². The molecule has 0 saturated heterocycles. The molecule has 0 bridgehead atoms. The maximum absolute atomic E-state index is 12.9. The smallest absolute Gasteiger partial charge is 0.338 e. The van der Waals surface area contributed by atoms with Gasteiger partial charge in [-0.2, -0.15) is 0 Å². The lowest BCUT2D eigenvalue weighted by Crippen LogP contribution is -2.26. The van der Waals surface area contributed by atoms with Crippen molar-refractivity contribution in [2.24, 2.45) is 0 Å². The van der Waals surface area contributed by atoms with Gasteiger partial charge in [-0.25, -0.2) is 9.78 Å². The number of nitrogens with zero attached hydrogens (tertiary/aromatic N) is 2. The molecule has 1 N–H and O–H groups in total. The minimum absolute atomic E-state index is 0.0825. The molecule has 1 aromatic heterocycles. The number of para-hydroxylation sites is 1. The van der Waals surface area contributed by atoms with Crippen molar-refractivity contribution in [1.82, 2.24) is 9.55 Å². The van der Waals surface area contributed by atoms with Crippen LogP contribution in [0.15, 0.2) is 47.3 Å². The number of hydrogen-bond donors (Lipinski definition) is 1. The molecular weight excluding hydrogens is 418 g/mol. The maximum atomic E-state index is 12.9. The molecule has 8 heteroatoms. The van der Waals surface area contributed by atoms with Crippen LogP contribution in [0.1, 0.15) is 41.9 Å². The van der Waals surface area contributed by atoms with Gasteiger partial charge >= 0.3 is 5.97 Å². The number of carbonyl (C=O) groups excluding carboxylic acids is 2. The number of benzene rings is 2. The van der Waals surface area contributed by atoms with Crippen LogP contribution in [-0.2, 0) is 22.5 Å². The molecule has 7 nitrogen and oxygen atoms in total. The summed E-state index contributed by atoms with van der Waals surface area (Å²) in [6, 6.07) is 11.5. The Bertz CT molecular complexity index is 1210. The van der Waals surface area contributed by atoms with Crippen molar-refractivity contribution in [3.8, 4) is 0 Å². The van der Waals surface area contributed by atoms with Crippen LogP contribution in [0.3, 0.4) is 0 Å². The number of amides is 1. The summed E-state index contributed by atoms with van der Waals surface area (Å²) in [4.78, 5) is 42.0. The lowest BCUT2D eigenvalue weighted by molar-refractivity contribution is -0.119. The van der Waals surface area contributed by atoms with E-state index >= 15 is 0 Å². The molecule has 31 heavy (non-hydrogen) atoms. The molecule has 0 fully saturated rings. The molecule has 1 aliphatic rings. The van der Waals surface area contributed by atoms with Crippen molar-refractivity contribution in [3.05, 3.63) is 69.2 Å². The summed E-state index contributed by atoms with van der Waals surface area (Å²) in [5, 5.41) is 3.46. The Balaban J connectivity index is 1.49. The highest BCUT2D eigenvalue weighted by Gasteiger charge is 2.16. The average Bonchev–Trinajstić information content (AvgIpc) is 2.75. The highest BCUT2D eigenvalue weighted by molar-refractivity contribution is 6.33. The Morgan fingerprint density at radius 2 is 1.90 bits per heavy atom. The van der Waals surface area contributed by atoms with E-state index in [1.165, 1.54) is 6.07 Å². The van der Waals surface area contributed by atoms with Crippen LogP contribution in [0, 0.1) is 0 Å². The zero-order valence-electron chi connectivity index (χ0n) is 16.9. The van der Waals surface area contributed by atoms with Gasteiger partial charge < -0.3 is 10.1 Å². The molecule has 0 aliphatic carbocycles. The average molecular weight is 440 g/mol. The van der Waals surface area contributed by atoms with Crippen molar-refractivity contribution in [2.75, 3.05) is 11.9 Å². The molecule has 2 aromatic carbocycles. The first-order valence-electron chi connectivity index (χ1n) is 10.3. The van der Waals surface area contributed by atoms with E-state index in [4.69, 9.17) is 16.3 Å². The lowest BCUT2D eigenvalue weighted by atomic mass is 10.1. The van der Waals surface area contributed by atoms with Gasteiger partial charge in [0.05, 0.1) is 27.2 Å². The van der Waals surface area contributed by atoms with E-state index in [1.54, 1.807) is 41.0 Å². The number of ether oxygens (including phenoxy) is 1. The Hall–Kier alpha value is -3.19. The summed E-state index contributed by atoms with van der Waals surface area (Å²) < 4.78 is 6.87. The molecule has 0 saturated carbocycles. The standard InChI is InChI=1S/C23H22ClN3O4/c24-17-7-4-5-8-18(17)26-21(28)14-31-23(30)15-10-11-16-19(13-15)25-20-9-3-1-2-6-12-27(20)22(16)29/h4-5,7-8,10-11,13H,1-3,6,9,12,14H2,(H,26,28). The molecule has 2 heterocycles. The lowest BCUT2D eigenvalue weighted by Gasteiger charge is -2.16. The van der Waals surface area contributed by atoms with Gasteiger partial charge in [-0.1, -0.05) is 36.6 Å². The minimum atomic E-state index is -0.662. The fourth-order valence-corrected chi connectivity index (χ4v) is 3.87. The molecule has 160 valence electrons. The summed E-state index contributed by atoms with van der Waals surface area (Å²) in [6.45, 7) is 0.212. The molecule has 3 aromatic rings. The quantitative estimate of drug-likeness (QED) is 0.621. The van der Waals surface area contributed by atoms with Crippen LogP contribution < -0.4 is 10.9 Å². The van der Waals surface area contributed by atoms with Gasteiger partial charge in [0.2, 0.25) is 0 Å². The SMILES string of the molecule is O=C(COC(=O)c1ccc2c(=O)n3c(nc2c1)CCCCCC3)Nc1ccccc1Cl. The number of esters is 1. The second-order valence-corrected chi connectivity index (χ2v) is 7.89. The van der Waals surface area contributed by atoms with Crippen LogP contribution in [0.25, 0.3) is 10.9 Å². The van der Waals surface area contributed by atoms with Gasteiger partial charge in [-0.05, 0) is 43.2 Å². The van der Waals surface area contributed by atoms with Gasteiger partial charge in [0.1, 0.15) is 5.82 Å². The van der Waals surface area contributed by atoms with Crippen LogP contribution in [-0.4, -0.2) is 28.0 Å². The van der Waals surface area contributed by atoms with Crippen LogP contribution >= 0.6 is 11.6 Å². The van der Waals surface area contributed by atoms with Gasteiger partial charge in [0.25, 0.3) is 11.5 Å². The number of halogens is 1.